The zero-order valence-corrected chi connectivity index (χ0v) is 11.6. The lowest BCUT2D eigenvalue weighted by molar-refractivity contribution is 0.667. The highest BCUT2D eigenvalue weighted by molar-refractivity contribution is 6.30. The van der Waals surface area contributed by atoms with Gasteiger partial charge in [-0.15, -0.1) is 0 Å². The molecule has 102 valence electrons. The average molecular weight is 296 g/mol. The van der Waals surface area contributed by atoms with Crippen molar-refractivity contribution in [2.24, 2.45) is 0 Å². The van der Waals surface area contributed by atoms with Gasteiger partial charge in [0.2, 0.25) is 0 Å². The Bertz CT molecular complexity index is 931. The zero-order chi connectivity index (χ0) is 14.2. The maximum Gasteiger partial charge on any atom is 0.196 e. The minimum absolute atomic E-state index is 0.638. The van der Waals surface area contributed by atoms with Gasteiger partial charge in [0.05, 0.1) is 0 Å². The number of anilines is 2. The van der Waals surface area contributed by atoms with Gasteiger partial charge >= 0.3 is 0 Å². The highest BCUT2D eigenvalue weighted by atomic mass is 35.5. The third kappa shape index (κ3) is 2.10. The summed E-state index contributed by atoms with van der Waals surface area (Å²) in [5, 5.41) is 4.90. The number of hydrogen-bond acceptors (Lipinski definition) is 4. The van der Waals surface area contributed by atoms with E-state index >= 15 is 0 Å². The van der Waals surface area contributed by atoms with Crippen LogP contribution >= 0.6 is 11.6 Å². The fraction of sp³-hybridized carbons (Fsp3) is 0. The molecule has 0 saturated heterocycles. The third-order valence-electron chi connectivity index (χ3n) is 3.26. The summed E-state index contributed by atoms with van der Waals surface area (Å²) in [5.74, 6) is 0.638. The molecule has 4 nitrogen and oxygen atoms in total. The van der Waals surface area contributed by atoms with Gasteiger partial charge in [-0.1, -0.05) is 23.7 Å². The molecule has 1 N–H and O–H groups in total. The first kappa shape index (κ1) is 12.2. The Morgan fingerprint density at radius 1 is 0.952 bits per heavy atom. The number of halogens is 1. The molecule has 2 aromatic carbocycles. The predicted octanol–water partition coefficient (Wildman–Crippen LogP) is 4.77. The van der Waals surface area contributed by atoms with Crippen molar-refractivity contribution in [3.63, 3.8) is 0 Å². The Labute approximate surface area is 125 Å². The lowest BCUT2D eigenvalue weighted by Crippen LogP contribution is -1.94. The molecular weight excluding hydrogens is 286 g/mol. The molecule has 0 fully saturated rings. The number of hydrogen-bond donors (Lipinski definition) is 1. The Hall–Kier alpha value is -2.59. The molecule has 4 aromatic rings. The predicted molar refractivity (Wildman–Crippen MR) is 84.0 cm³/mol. The van der Waals surface area contributed by atoms with Crippen LogP contribution < -0.4 is 5.32 Å². The van der Waals surface area contributed by atoms with Crippen molar-refractivity contribution >= 4 is 45.2 Å². The van der Waals surface area contributed by atoms with Crippen molar-refractivity contribution in [3.05, 3.63) is 59.9 Å². The van der Waals surface area contributed by atoms with Crippen LogP contribution in [-0.4, -0.2) is 9.97 Å². The molecule has 0 radical (unpaired) electrons. The second-order valence-electron chi connectivity index (χ2n) is 4.63. The van der Waals surface area contributed by atoms with Crippen LogP contribution in [0.25, 0.3) is 22.1 Å². The SMILES string of the molecule is Clc1ccc(Nc2ncnc3c2oc2ccccc23)cc1. The molecule has 0 bridgehead atoms. The van der Waals surface area contributed by atoms with Crippen molar-refractivity contribution in [1.29, 1.82) is 0 Å². The number of rotatable bonds is 2. The summed E-state index contributed by atoms with van der Waals surface area (Å²) >= 11 is 5.89. The van der Waals surface area contributed by atoms with E-state index in [0.717, 1.165) is 22.2 Å². The van der Waals surface area contributed by atoms with E-state index in [1.807, 2.05) is 48.5 Å². The largest absolute Gasteiger partial charge is 0.450 e. The first-order valence-corrected chi connectivity index (χ1v) is 6.84. The molecule has 0 aliphatic carbocycles. The Balaban J connectivity index is 1.86. The van der Waals surface area contributed by atoms with Crippen molar-refractivity contribution in [2.45, 2.75) is 0 Å². The molecule has 0 spiro atoms. The van der Waals surface area contributed by atoms with Gasteiger partial charge in [0, 0.05) is 16.1 Å². The Morgan fingerprint density at radius 2 is 1.76 bits per heavy atom. The van der Waals surface area contributed by atoms with E-state index in [2.05, 4.69) is 15.3 Å². The molecule has 2 heterocycles. The maximum atomic E-state index is 5.89. The second kappa shape index (κ2) is 4.75. The molecule has 5 heteroatoms. The lowest BCUT2D eigenvalue weighted by Gasteiger charge is -2.05. The van der Waals surface area contributed by atoms with E-state index in [0.29, 0.717) is 16.4 Å². The van der Waals surface area contributed by atoms with Gasteiger partial charge in [-0.25, -0.2) is 9.97 Å². The molecule has 0 saturated carbocycles. The van der Waals surface area contributed by atoms with Crippen LogP contribution in [0.1, 0.15) is 0 Å². The van der Waals surface area contributed by atoms with E-state index < -0.39 is 0 Å². The number of fused-ring (bicyclic) bond motifs is 3. The third-order valence-corrected chi connectivity index (χ3v) is 3.52. The van der Waals surface area contributed by atoms with E-state index in [-0.39, 0.29) is 0 Å². The second-order valence-corrected chi connectivity index (χ2v) is 5.07. The van der Waals surface area contributed by atoms with Crippen LogP contribution in [0.3, 0.4) is 0 Å². The summed E-state index contributed by atoms with van der Waals surface area (Å²) < 4.78 is 5.87. The van der Waals surface area contributed by atoms with Crippen LogP contribution in [0, 0.1) is 0 Å². The fourth-order valence-corrected chi connectivity index (χ4v) is 2.41. The molecule has 0 aliphatic heterocycles. The number of nitrogens with zero attached hydrogens (tertiary/aromatic N) is 2. The minimum atomic E-state index is 0.638. The number of furan rings is 1. The first-order valence-electron chi connectivity index (χ1n) is 6.46. The normalized spacial score (nSPS) is 11.1. The molecule has 2 aromatic heterocycles. The van der Waals surface area contributed by atoms with Gasteiger partial charge in [0.25, 0.3) is 0 Å². The van der Waals surface area contributed by atoms with E-state index in [1.54, 1.807) is 0 Å². The number of aromatic nitrogens is 2. The molecule has 4 rings (SSSR count). The Morgan fingerprint density at radius 3 is 2.62 bits per heavy atom. The Kier molecular flexibility index (Phi) is 2.75. The van der Waals surface area contributed by atoms with Gasteiger partial charge in [-0.05, 0) is 36.4 Å². The van der Waals surface area contributed by atoms with Crippen LogP contribution in [0.2, 0.25) is 5.02 Å². The minimum Gasteiger partial charge on any atom is -0.450 e. The standard InChI is InChI=1S/C16H10ClN3O/c17-10-5-7-11(8-6-10)20-16-15-14(18-9-19-16)12-3-1-2-4-13(12)21-15/h1-9H,(H,18,19,20). The quantitative estimate of drug-likeness (QED) is 0.578. The summed E-state index contributed by atoms with van der Waals surface area (Å²) in [6.07, 6.45) is 1.53. The van der Waals surface area contributed by atoms with E-state index in [4.69, 9.17) is 16.0 Å². The summed E-state index contributed by atoms with van der Waals surface area (Å²) in [4.78, 5) is 8.59. The van der Waals surface area contributed by atoms with Crippen LogP contribution in [0.4, 0.5) is 11.5 Å². The number of para-hydroxylation sites is 1. The molecular formula is C16H10ClN3O. The maximum absolute atomic E-state index is 5.89. The van der Waals surface area contributed by atoms with Gasteiger partial charge in [0.15, 0.2) is 11.4 Å². The highest BCUT2D eigenvalue weighted by Gasteiger charge is 2.12. The summed E-state index contributed by atoms with van der Waals surface area (Å²) in [5.41, 5.74) is 3.14. The van der Waals surface area contributed by atoms with Crippen molar-refractivity contribution in [2.75, 3.05) is 5.32 Å². The lowest BCUT2D eigenvalue weighted by atomic mass is 10.2. The van der Waals surface area contributed by atoms with Gasteiger partial charge in [0.1, 0.15) is 17.4 Å². The summed E-state index contributed by atoms with van der Waals surface area (Å²) in [7, 11) is 0. The zero-order valence-electron chi connectivity index (χ0n) is 10.9. The first-order chi connectivity index (χ1) is 10.3. The van der Waals surface area contributed by atoms with E-state index in [9.17, 15) is 0 Å². The summed E-state index contributed by atoms with van der Waals surface area (Å²) in [6, 6.07) is 15.2. The topological polar surface area (TPSA) is 51.0 Å². The van der Waals surface area contributed by atoms with E-state index in [1.165, 1.54) is 6.33 Å². The van der Waals surface area contributed by atoms with Crippen LogP contribution in [-0.2, 0) is 0 Å². The molecule has 21 heavy (non-hydrogen) atoms. The van der Waals surface area contributed by atoms with Crippen LogP contribution in [0.5, 0.6) is 0 Å². The average Bonchev–Trinajstić information content (AvgIpc) is 2.89. The fourth-order valence-electron chi connectivity index (χ4n) is 2.28. The smallest absolute Gasteiger partial charge is 0.196 e. The summed E-state index contributed by atoms with van der Waals surface area (Å²) in [6.45, 7) is 0. The van der Waals surface area contributed by atoms with Gasteiger partial charge in [-0.2, -0.15) is 0 Å². The number of nitrogens with one attached hydrogen (secondary N) is 1. The molecule has 0 aliphatic rings. The number of benzene rings is 2. The molecule has 0 atom stereocenters. The van der Waals surface area contributed by atoms with Gasteiger partial charge < -0.3 is 9.73 Å². The molecule has 0 unspecified atom stereocenters. The van der Waals surface area contributed by atoms with Crippen molar-refractivity contribution < 1.29 is 4.42 Å². The highest BCUT2D eigenvalue weighted by Crippen LogP contribution is 2.31. The van der Waals surface area contributed by atoms with Crippen LogP contribution in [0.15, 0.2) is 59.3 Å². The van der Waals surface area contributed by atoms with Gasteiger partial charge in [-0.3, -0.25) is 0 Å². The van der Waals surface area contributed by atoms with Crippen molar-refractivity contribution in [1.82, 2.24) is 9.97 Å². The monoisotopic (exact) mass is 295 g/mol. The molecule has 0 amide bonds. The van der Waals surface area contributed by atoms with Crippen molar-refractivity contribution in [3.8, 4) is 0 Å².